The molecule has 1 atom stereocenters. The van der Waals surface area contributed by atoms with Gasteiger partial charge in [-0.05, 0) is 6.08 Å². The lowest BCUT2D eigenvalue weighted by molar-refractivity contribution is -0.133. The van der Waals surface area contributed by atoms with Crippen molar-refractivity contribution in [3.05, 3.63) is 40.7 Å². The first-order valence-electron chi connectivity index (χ1n) is 8.00. The van der Waals surface area contributed by atoms with E-state index in [9.17, 15) is 36.6 Å². The molecule has 1 unspecified atom stereocenters. The topological polar surface area (TPSA) is 90.9 Å². The minimum atomic E-state index is -2.32. The maximum Gasteiger partial charge on any atom is 0.259 e. The number of nitrogens with one attached hydrogen (secondary N) is 2. The number of amides is 2. The third-order valence-electron chi connectivity index (χ3n) is 3.74. The summed E-state index contributed by atoms with van der Waals surface area (Å²) in [6.45, 7) is 0.733. The van der Waals surface area contributed by atoms with Crippen LogP contribution in [0.2, 0.25) is 0 Å². The number of ether oxygens (including phenoxy) is 1. The van der Waals surface area contributed by atoms with E-state index in [0.717, 1.165) is 0 Å². The van der Waals surface area contributed by atoms with Crippen LogP contribution in [-0.4, -0.2) is 60.9 Å². The minimum absolute atomic E-state index is 0.375. The number of halogens is 5. The van der Waals surface area contributed by atoms with Crippen LogP contribution in [0.25, 0.3) is 6.08 Å². The molecule has 0 spiro atoms. The average Bonchev–Trinajstić information content (AvgIpc) is 2.69. The van der Waals surface area contributed by atoms with Crippen molar-refractivity contribution >= 4 is 17.9 Å². The van der Waals surface area contributed by atoms with Crippen molar-refractivity contribution in [1.82, 2.24) is 15.8 Å². The van der Waals surface area contributed by atoms with Crippen LogP contribution in [0, 0.1) is 29.1 Å². The van der Waals surface area contributed by atoms with Crippen molar-refractivity contribution in [1.29, 1.82) is 0 Å². The van der Waals surface area contributed by atoms with Gasteiger partial charge in [-0.25, -0.2) is 27.0 Å². The Morgan fingerprint density at radius 3 is 2.11 bits per heavy atom. The van der Waals surface area contributed by atoms with Crippen molar-refractivity contribution < 1.29 is 41.4 Å². The standard InChI is InChI=1S/C16H16F5N3O4/c17-11-8(12(18)14(20)15(21)13(11)19)1-2-10(26)22-9(7-25)16(27)23-24-3-5-28-6-4-24/h1-2,9,25H,3-7H2,(H,22,26)(H,23,27). The largest absolute Gasteiger partial charge is 0.394 e. The Bertz CT molecular complexity index is 755. The van der Waals surface area contributed by atoms with Crippen LogP contribution in [0.5, 0.6) is 0 Å². The molecule has 1 aliphatic rings. The van der Waals surface area contributed by atoms with Crippen molar-refractivity contribution in [3.8, 4) is 0 Å². The van der Waals surface area contributed by atoms with E-state index in [4.69, 9.17) is 4.74 Å². The molecule has 3 N–H and O–H groups in total. The van der Waals surface area contributed by atoms with Gasteiger partial charge in [-0.3, -0.25) is 15.0 Å². The number of nitrogens with zero attached hydrogens (tertiary/aromatic N) is 1. The Hall–Kier alpha value is -2.57. The number of hydrogen-bond acceptors (Lipinski definition) is 5. The molecule has 1 heterocycles. The zero-order chi connectivity index (χ0) is 20.8. The Balaban J connectivity index is 2.04. The minimum Gasteiger partial charge on any atom is -0.394 e. The number of aliphatic hydroxyl groups excluding tert-OH is 1. The fourth-order valence-electron chi connectivity index (χ4n) is 2.25. The van der Waals surface area contributed by atoms with E-state index in [1.807, 2.05) is 0 Å². The van der Waals surface area contributed by atoms with Crippen LogP contribution >= 0.6 is 0 Å². The lowest BCUT2D eigenvalue weighted by Gasteiger charge is -2.28. The molecule has 1 fully saturated rings. The molecule has 7 nitrogen and oxygen atoms in total. The summed E-state index contributed by atoms with van der Waals surface area (Å²) >= 11 is 0. The van der Waals surface area contributed by atoms with E-state index >= 15 is 0 Å². The third kappa shape index (κ3) is 5.03. The fraction of sp³-hybridized carbons (Fsp3) is 0.375. The molecule has 28 heavy (non-hydrogen) atoms. The van der Waals surface area contributed by atoms with Gasteiger partial charge in [0.2, 0.25) is 11.7 Å². The van der Waals surface area contributed by atoms with E-state index in [2.05, 4.69) is 10.7 Å². The van der Waals surface area contributed by atoms with Crippen LogP contribution in [0.3, 0.4) is 0 Å². The van der Waals surface area contributed by atoms with E-state index in [1.165, 1.54) is 5.01 Å². The molecule has 12 heteroatoms. The fourth-order valence-corrected chi connectivity index (χ4v) is 2.25. The molecule has 0 radical (unpaired) electrons. The van der Waals surface area contributed by atoms with E-state index in [0.29, 0.717) is 38.5 Å². The molecule has 154 valence electrons. The molecule has 1 saturated heterocycles. The summed E-state index contributed by atoms with van der Waals surface area (Å²) in [5.41, 5.74) is 1.13. The zero-order valence-corrected chi connectivity index (χ0v) is 14.3. The Kier molecular flexibility index (Phi) is 7.43. The highest BCUT2D eigenvalue weighted by atomic mass is 19.2. The van der Waals surface area contributed by atoms with Crippen molar-refractivity contribution in [2.45, 2.75) is 6.04 Å². The number of benzene rings is 1. The van der Waals surface area contributed by atoms with Gasteiger partial charge in [0, 0.05) is 19.2 Å². The van der Waals surface area contributed by atoms with Crippen LogP contribution in [0.4, 0.5) is 22.0 Å². The molecular weight excluding hydrogens is 393 g/mol. The van der Waals surface area contributed by atoms with Crippen molar-refractivity contribution in [2.75, 3.05) is 32.9 Å². The van der Waals surface area contributed by atoms with Gasteiger partial charge in [0.15, 0.2) is 23.3 Å². The molecule has 0 aromatic heterocycles. The van der Waals surface area contributed by atoms with Crippen molar-refractivity contribution in [3.63, 3.8) is 0 Å². The second kappa shape index (κ2) is 9.57. The van der Waals surface area contributed by atoms with Crippen LogP contribution in [0.1, 0.15) is 5.56 Å². The monoisotopic (exact) mass is 409 g/mol. The lowest BCUT2D eigenvalue weighted by Crippen LogP contribution is -2.56. The smallest absolute Gasteiger partial charge is 0.259 e. The summed E-state index contributed by atoms with van der Waals surface area (Å²) in [5.74, 6) is -12.7. The average molecular weight is 409 g/mol. The van der Waals surface area contributed by atoms with Gasteiger partial charge in [0.25, 0.3) is 5.91 Å². The van der Waals surface area contributed by atoms with Gasteiger partial charge < -0.3 is 15.2 Å². The molecular formula is C16H16F5N3O4. The number of hydrogen-bond donors (Lipinski definition) is 3. The summed E-state index contributed by atoms with van der Waals surface area (Å²) in [4.78, 5) is 23.8. The van der Waals surface area contributed by atoms with Gasteiger partial charge in [-0.1, -0.05) is 0 Å². The molecule has 1 aliphatic heterocycles. The summed E-state index contributed by atoms with van der Waals surface area (Å²) in [6.07, 6.45) is 0.850. The van der Waals surface area contributed by atoms with Crippen LogP contribution in [-0.2, 0) is 14.3 Å². The number of carbonyl (C=O) groups is 2. The molecule has 2 amide bonds. The van der Waals surface area contributed by atoms with Gasteiger partial charge in [0.1, 0.15) is 6.04 Å². The zero-order valence-electron chi connectivity index (χ0n) is 14.3. The molecule has 0 aliphatic carbocycles. The van der Waals surface area contributed by atoms with Crippen LogP contribution < -0.4 is 10.7 Å². The highest BCUT2D eigenvalue weighted by Crippen LogP contribution is 2.23. The normalized spacial score (nSPS) is 16.2. The Morgan fingerprint density at radius 1 is 1.04 bits per heavy atom. The Labute approximate surface area is 155 Å². The first-order valence-corrected chi connectivity index (χ1v) is 8.00. The van der Waals surface area contributed by atoms with Gasteiger partial charge >= 0.3 is 0 Å². The quantitative estimate of drug-likeness (QED) is 0.271. The molecule has 1 aromatic carbocycles. The predicted molar refractivity (Wildman–Crippen MR) is 84.8 cm³/mol. The number of carbonyl (C=O) groups excluding carboxylic acids is 2. The Morgan fingerprint density at radius 2 is 1.57 bits per heavy atom. The molecule has 2 rings (SSSR count). The number of hydrazine groups is 1. The molecule has 0 saturated carbocycles. The predicted octanol–water partition coefficient (Wildman–Crippen LogP) is 0.236. The van der Waals surface area contributed by atoms with Crippen molar-refractivity contribution in [2.24, 2.45) is 0 Å². The van der Waals surface area contributed by atoms with Gasteiger partial charge in [-0.2, -0.15) is 0 Å². The number of rotatable bonds is 6. The summed E-state index contributed by atoms with van der Waals surface area (Å²) in [5, 5.41) is 12.8. The van der Waals surface area contributed by atoms with Gasteiger partial charge in [0.05, 0.1) is 25.4 Å². The summed E-state index contributed by atoms with van der Waals surface area (Å²) < 4.78 is 71.4. The van der Waals surface area contributed by atoms with Crippen LogP contribution in [0.15, 0.2) is 6.08 Å². The second-order valence-electron chi connectivity index (χ2n) is 5.64. The first-order chi connectivity index (χ1) is 13.3. The molecule has 1 aromatic rings. The molecule has 0 bridgehead atoms. The first kappa shape index (κ1) is 21.7. The number of morpholine rings is 1. The summed E-state index contributed by atoms with van der Waals surface area (Å²) in [7, 11) is 0. The van der Waals surface area contributed by atoms with E-state index in [1.54, 1.807) is 0 Å². The number of aliphatic hydroxyl groups is 1. The maximum atomic E-state index is 13.5. The maximum absolute atomic E-state index is 13.5. The van der Waals surface area contributed by atoms with E-state index < -0.39 is 59.1 Å². The second-order valence-corrected chi connectivity index (χ2v) is 5.64. The van der Waals surface area contributed by atoms with E-state index in [-0.39, 0.29) is 0 Å². The highest BCUT2D eigenvalue weighted by Gasteiger charge is 2.25. The summed E-state index contributed by atoms with van der Waals surface area (Å²) in [6, 6.07) is -1.41. The SMILES string of the molecule is O=C(C=Cc1c(F)c(F)c(F)c(F)c1F)NC(CO)C(=O)NN1CCOCC1. The third-order valence-corrected chi connectivity index (χ3v) is 3.74. The highest BCUT2D eigenvalue weighted by molar-refractivity contribution is 5.95. The van der Waals surface area contributed by atoms with Gasteiger partial charge in [-0.15, -0.1) is 0 Å². The lowest BCUT2D eigenvalue weighted by atomic mass is 10.1.